The van der Waals surface area contributed by atoms with E-state index in [1.54, 1.807) is 6.08 Å². The molecule has 2 aliphatic rings. The number of hydrogen-bond acceptors (Lipinski definition) is 2. The van der Waals surface area contributed by atoms with Gasteiger partial charge in [-0.15, -0.1) is 6.58 Å². The van der Waals surface area contributed by atoms with Crippen LogP contribution in [0.4, 0.5) is 0 Å². The van der Waals surface area contributed by atoms with Crippen LogP contribution in [-0.2, 0) is 9.59 Å². The Labute approximate surface area is 132 Å². The molecule has 0 aromatic carbocycles. The van der Waals surface area contributed by atoms with E-state index in [4.69, 9.17) is 0 Å². The smallest absolute Gasteiger partial charge is 0.311 e. The topological polar surface area (TPSA) is 54.4 Å². The first-order chi connectivity index (χ1) is 10.1. The van der Waals surface area contributed by atoms with Crippen molar-refractivity contribution in [3.05, 3.63) is 35.5 Å². The maximum absolute atomic E-state index is 12.3. The SMILES string of the molecule is C=CCC1=C(C)[C@@H]([C@]2(C(=O)O)[C@@H](C=C(C)C)C2(C)C)CC1=O. The van der Waals surface area contributed by atoms with E-state index in [1.807, 2.05) is 34.6 Å². The molecule has 0 aromatic rings. The number of hydrogen-bond donors (Lipinski definition) is 1. The summed E-state index contributed by atoms with van der Waals surface area (Å²) in [5.74, 6) is -0.931. The summed E-state index contributed by atoms with van der Waals surface area (Å²) in [5.41, 5.74) is 1.63. The lowest BCUT2D eigenvalue weighted by Gasteiger charge is -2.24. The van der Waals surface area contributed by atoms with Gasteiger partial charge in [-0.3, -0.25) is 9.59 Å². The van der Waals surface area contributed by atoms with Gasteiger partial charge < -0.3 is 5.11 Å². The Morgan fingerprint density at radius 3 is 2.45 bits per heavy atom. The molecule has 22 heavy (non-hydrogen) atoms. The van der Waals surface area contributed by atoms with Crippen LogP contribution in [0.2, 0.25) is 0 Å². The molecule has 0 spiro atoms. The first kappa shape index (κ1) is 16.7. The Balaban J connectivity index is 2.53. The van der Waals surface area contributed by atoms with Crippen LogP contribution >= 0.6 is 0 Å². The van der Waals surface area contributed by atoms with E-state index in [-0.39, 0.29) is 23.0 Å². The molecule has 1 fully saturated rings. The van der Waals surface area contributed by atoms with E-state index >= 15 is 0 Å². The van der Waals surface area contributed by atoms with Crippen molar-refractivity contribution < 1.29 is 14.7 Å². The second-order valence-corrected chi connectivity index (χ2v) is 7.45. The van der Waals surface area contributed by atoms with Crippen LogP contribution in [0.3, 0.4) is 0 Å². The van der Waals surface area contributed by atoms with Crippen LogP contribution in [0.15, 0.2) is 35.5 Å². The minimum Gasteiger partial charge on any atom is -0.481 e. The minimum absolute atomic E-state index is 0.0293. The zero-order valence-electron chi connectivity index (χ0n) is 14.2. The van der Waals surface area contributed by atoms with E-state index in [9.17, 15) is 14.7 Å². The molecule has 0 aliphatic heterocycles. The average Bonchev–Trinajstić information content (AvgIpc) is 2.73. The summed E-state index contributed by atoms with van der Waals surface area (Å²) >= 11 is 0. The van der Waals surface area contributed by atoms with E-state index in [0.717, 1.165) is 16.7 Å². The van der Waals surface area contributed by atoms with E-state index in [2.05, 4.69) is 12.7 Å². The Hall–Kier alpha value is -1.64. The lowest BCUT2D eigenvalue weighted by Crippen LogP contribution is -2.31. The summed E-state index contributed by atoms with van der Waals surface area (Å²) in [6.07, 6.45) is 4.64. The lowest BCUT2D eigenvalue weighted by molar-refractivity contribution is -0.147. The molecule has 2 rings (SSSR count). The van der Waals surface area contributed by atoms with Gasteiger partial charge in [0.15, 0.2) is 5.78 Å². The molecule has 0 radical (unpaired) electrons. The fourth-order valence-corrected chi connectivity index (χ4v) is 4.55. The molecule has 1 saturated carbocycles. The number of carbonyl (C=O) groups is 2. The number of carbonyl (C=O) groups excluding carboxylic acids is 1. The third kappa shape index (κ3) is 2.02. The first-order valence-corrected chi connectivity index (χ1v) is 7.84. The first-order valence-electron chi connectivity index (χ1n) is 7.84. The normalized spacial score (nSPS) is 32.9. The van der Waals surface area contributed by atoms with Crippen molar-refractivity contribution >= 4 is 11.8 Å². The van der Waals surface area contributed by atoms with Gasteiger partial charge in [-0.05, 0) is 38.2 Å². The Morgan fingerprint density at radius 1 is 1.41 bits per heavy atom. The third-order valence-corrected chi connectivity index (χ3v) is 5.73. The summed E-state index contributed by atoms with van der Waals surface area (Å²) in [4.78, 5) is 24.5. The van der Waals surface area contributed by atoms with Crippen LogP contribution in [0.25, 0.3) is 0 Å². The second-order valence-electron chi connectivity index (χ2n) is 7.45. The van der Waals surface area contributed by atoms with Crippen LogP contribution in [0.1, 0.15) is 47.5 Å². The molecule has 3 atom stereocenters. The number of aliphatic carboxylic acids is 1. The zero-order chi connectivity index (χ0) is 16.9. The van der Waals surface area contributed by atoms with E-state index in [0.29, 0.717) is 12.8 Å². The van der Waals surface area contributed by atoms with Gasteiger partial charge >= 0.3 is 5.97 Å². The molecule has 0 bridgehead atoms. The summed E-state index contributed by atoms with van der Waals surface area (Å²) in [7, 11) is 0. The van der Waals surface area contributed by atoms with Crippen molar-refractivity contribution in [1.29, 1.82) is 0 Å². The average molecular weight is 302 g/mol. The quantitative estimate of drug-likeness (QED) is 0.776. The monoisotopic (exact) mass is 302 g/mol. The molecule has 3 nitrogen and oxygen atoms in total. The standard InChI is InChI=1S/C19H26O3/c1-7-8-13-12(4)14(10-15(13)20)19(17(21)22)16(9-11(2)3)18(19,5)6/h7,9,14,16H,1,8,10H2,2-6H3,(H,21,22)/t14-,16-,19+/m0/s1. The number of Topliss-reactive ketones (excluding diaryl/α,β-unsaturated/α-hetero) is 1. The van der Waals surface area contributed by atoms with Gasteiger partial charge in [0.25, 0.3) is 0 Å². The van der Waals surface area contributed by atoms with Gasteiger partial charge in [0.1, 0.15) is 0 Å². The fraction of sp³-hybridized carbons (Fsp3) is 0.579. The predicted molar refractivity (Wildman–Crippen MR) is 87.4 cm³/mol. The van der Waals surface area contributed by atoms with Crippen LogP contribution in [0.5, 0.6) is 0 Å². The lowest BCUT2D eigenvalue weighted by atomic mass is 9.78. The highest BCUT2D eigenvalue weighted by Crippen LogP contribution is 2.75. The molecule has 3 heteroatoms. The zero-order valence-corrected chi connectivity index (χ0v) is 14.2. The molecule has 0 aromatic heterocycles. The summed E-state index contributed by atoms with van der Waals surface area (Å²) in [5, 5.41) is 10.0. The number of ketones is 1. The molecule has 0 amide bonds. The molecule has 0 unspecified atom stereocenters. The van der Waals surface area contributed by atoms with Crippen LogP contribution in [0, 0.1) is 22.7 Å². The summed E-state index contributed by atoms with van der Waals surface area (Å²) in [6, 6.07) is 0. The Morgan fingerprint density at radius 2 is 2.00 bits per heavy atom. The molecule has 120 valence electrons. The highest BCUT2D eigenvalue weighted by molar-refractivity contribution is 6.00. The van der Waals surface area contributed by atoms with Gasteiger partial charge in [0.2, 0.25) is 0 Å². The Bertz CT molecular complexity index is 602. The summed E-state index contributed by atoms with van der Waals surface area (Å²) in [6.45, 7) is 13.6. The van der Waals surface area contributed by atoms with Crippen LogP contribution in [-0.4, -0.2) is 16.9 Å². The van der Waals surface area contributed by atoms with Gasteiger partial charge in [-0.25, -0.2) is 0 Å². The fourth-order valence-electron chi connectivity index (χ4n) is 4.55. The number of rotatable bonds is 5. The number of carboxylic acid groups (broad SMARTS) is 1. The minimum atomic E-state index is -0.868. The van der Waals surface area contributed by atoms with Crippen LogP contribution < -0.4 is 0 Å². The van der Waals surface area contributed by atoms with Gasteiger partial charge in [-0.1, -0.05) is 37.1 Å². The molecule has 2 aliphatic carbocycles. The summed E-state index contributed by atoms with van der Waals surface area (Å²) < 4.78 is 0. The van der Waals surface area contributed by atoms with Crippen molar-refractivity contribution in [2.45, 2.75) is 47.5 Å². The van der Waals surface area contributed by atoms with Crippen molar-refractivity contribution in [2.75, 3.05) is 0 Å². The van der Waals surface area contributed by atoms with Gasteiger partial charge in [0, 0.05) is 18.3 Å². The molecular formula is C19H26O3. The van der Waals surface area contributed by atoms with E-state index in [1.165, 1.54) is 0 Å². The van der Waals surface area contributed by atoms with Crippen molar-refractivity contribution in [1.82, 2.24) is 0 Å². The molecular weight excluding hydrogens is 276 g/mol. The largest absolute Gasteiger partial charge is 0.481 e. The third-order valence-electron chi connectivity index (χ3n) is 5.73. The van der Waals surface area contributed by atoms with Gasteiger partial charge in [0.05, 0.1) is 5.41 Å². The highest BCUT2D eigenvalue weighted by Gasteiger charge is 2.78. The predicted octanol–water partition coefficient (Wildman–Crippen LogP) is 4.16. The molecule has 0 heterocycles. The van der Waals surface area contributed by atoms with Crippen molar-refractivity contribution in [2.24, 2.45) is 22.7 Å². The van der Waals surface area contributed by atoms with E-state index < -0.39 is 11.4 Å². The number of carboxylic acids is 1. The van der Waals surface area contributed by atoms with Gasteiger partial charge in [-0.2, -0.15) is 0 Å². The second kappa shape index (κ2) is 5.22. The maximum atomic E-state index is 12.3. The number of allylic oxidation sites excluding steroid dienone is 5. The Kier molecular flexibility index (Phi) is 3.97. The van der Waals surface area contributed by atoms with Crippen molar-refractivity contribution in [3.63, 3.8) is 0 Å². The molecule has 1 N–H and O–H groups in total. The highest BCUT2D eigenvalue weighted by atomic mass is 16.4. The van der Waals surface area contributed by atoms with Crippen molar-refractivity contribution in [3.8, 4) is 0 Å². The maximum Gasteiger partial charge on any atom is 0.311 e. The molecule has 0 saturated heterocycles.